The van der Waals surface area contributed by atoms with E-state index in [0.717, 1.165) is 9.86 Å². The zero-order valence-corrected chi connectivity index (χ0v) is 9.56. The van der Waals surface area contributed by atoms with Gasteiger partial charge in [-0.25, -0.2) is 9.37 Å². The van der Waals surface area contributed by atoms with Crippen LogP contribution in [0.4, 0.5) is 4.39 Å². The van der Waals surface area contributed by atoms with Crippen LogP contribution in [0.25, 0.3) is 10.9 Å². The number of rotatable bonds is 0. The predicted molar refractivity (Wildman–Crippen MR) is 57.1 cm³/mol. The number of hydrogen-bond donors (Lipinski definition) is 0. The zero-order valence-electron chi connectivity index (χ0n) is 6.39. The summed E-state index contributed by atoms with van der Waals surface area (Å²) in [5.41, 5.74) is 0.378. The first-order valence-electron chi connectivity index (χ1n) is 3.59. The van der Waals surface area contributed by atoms with Crippen LogP contribution in [-0.2, 0) is 0 Å². The van der Waals surface area contributed by atoms with Crippen LogP contribution < -0.4 is 0 Å². The summed E-state index contributed by atoms with van der Waals surface area (Å²) >= 11 is 6.53. The van der Waals surface area contributed by atoms with Crippen molar-refractivity contribution in [3.63, 3.8) is 0 Å². The molecular weight excluding hydrogens is 301 g/mol. The van der Waals surface area contributed by atoms with Gasteiger partial charge in [-0.3, -0.25) is 0 Å². The highest BCUT2D eigenvalue weighted by atomic mass is 79.9. The minimum Gasteiger partial charge on any atom is -0.238 e. The van der Waals surface area contributed by atoms with E-state index in [1.54, 1.807) is 12.1 Å². The van der Waals surface area contributed by atoms with Crippen LogP contribution in [0.1, 0.15) is 0 Å². The van der Waals surface area contributed by atoms with Gasteiger partial charge in [0.15, 0.2) is 0 Å². The van der Waals surface area contributed by atoms with Crippen LogP contribution in [0.3, 0.4) is 0 Å². The van der Waals surface area contributed by atoms with Crippen molar-refractivity contribution in [1.82, 2.24) is 4.98 Å². The third kappa shape index (κ3) is 1.60. The Kier molecular flexibility index (Phi) is 2.34. The summed E-state index contributed by atoms with van der Waals surface area (Å²) in [6.45, 7) is 0. The highest BCUT2D eigenvalue weighted by Gasteiger charge is 2.05. The van der Waals surface area contributed by atoms with E-state index in [2.05, 4.69) is 36.8 Å². The minimum atomic E-state index is -0.306. The molecule has 0 aliphatic heterocycles. The molecule has 0 fully saturated rings. The Hall–Kier alpha value is -0.480. The summed E-state index contributed by atoms with van der Waals surface area (Å²) in [5.74, 6) is -0.306. The Balaban J connectivity index is 2.92. The van der Waals surface area contributed by atoms with E-state index in [-0.39, 0.29) is 5.82 Å². The lowest BCUT2D eigenvalue weighted by Gasteiger charge is -2.01. The van der Waals surface area contributed by atoms with Gasteiger partial charge in [-0.05, 0) is 40.2 Å². The highest BCUT2D eigenvalue weighted by molar-refractivity contribution is 9.11. The van der Waals surface area contributed by atoms with Crippen LogP contribution >= 0.6 is 31.9 Å². The van der Waals surface area contributed by atoms with Crippen molar-refractivity contribution in [2.45, 2.75) is 0 Å². The molecule has 0 aliphatic carbocycles. The molecular formula is C9H4Br2FN. The van der Waals surface area contributed by atoms with Gasteiger partial charge in [-0.2, -0.15) is 0 Å². The monoisotopic (exact) mass is 303 g/mol. The fraction of sp³-hybridized carbons (Fsp3) is 0. The molecule has 1 aromatic heterocycles. The van der Waals surface area contributed by atoms with Crippen LogP contribution in [-0.4, -0.2) is 4.98 Å². The van der Waals surface area contributed by atoms with E-state index < -0.39 is 0 Å². The third-order valence-electron chi connectivity index (χ3n) is 1.72. The summed E-state index contributed by atoms with van der Waals surface area (Å²) in [7, 11) is 0. The van der Waals surface area contributed by atoms with Crippen LogP contribution in [0, 0.1) is 5.82 Å². The second kappa shape index (κ2) is 3.35. The first kappa shape index (κ1) is 9.09. The molecule has 0 radical (unpaired) electrons. The Morgan fingerprint density at radius 1 is 1.08 bits per heavy atom. The number of halogens is 3. The Labute approximate surface area is 91.2 Å². The van der Waals surface area contributed by atoms with Gasteiger partial charge in [0.1, 0.15) is 15.9 Å². The largest absolute Gasteiger partial charge is 0.238 e. The van der Waals surface area contributed by atoms with Crippen molar-refractivity contribution in [1.29, 1.82) is 0 Å². The number of pyridine rings is 1. The average Bonchev–Trinajstić information content (AvgIpc) is 2.12. The summed E-state index contributed by atoms with van der Waals surface area (Å²) in [6.07, 6.45) is 0. The first-order chi connectivity index (χ1) is 6.18. The van der Waals surface area contributed by atoms with Gasteiger partial charge in [-0.15, -0.1) is 0 Å². The second-order valence-corrected chi connectivity index (χ2v) is 4.23. The lowest BCUT2D eigenvalue weighted by molar-refractivity contribution is 0.636. The zero-order chi connectivity index (χ0) is 9.42. The van der Waals surface area contributed by atoms with E-state index in [4.69, 9.17) is 0 Å². The highest BCUT2D eigenvalue weighted by Crippen LogP contribution is 2.25. The Bertz CT molecular complexity index is 470. The number of nitrogens with zero attached hydrogens (tertiary/aromatic N) is 1. The molecule has 13 heavy (non-hydrogen) atoms. The first-order valence-corrected chi connectivity index (χ1v) is 5.17. The Morgan fingerprint density at radius 3 is 2.62 bits per heavy atom. The molecule has 0 saturated carbocycles. The lowest BCUT2D eigenvalue weighted by atomic mass is 10.2. The maximum Gasteiger partial charge on any atom is 0.149 e. The molecule has 0 bridgehead atoms. The van der Waals surface area contributed by atoms with Crippen molar-refractivity contribution in [3.05, 3.63) is 39.2 Å². The van der Waals surface area contributed by atoms with Gasteiger partial charge in [-0.1, -0.05) is 15.9 Å². The third-order valence-corrected chi connectivity index (χ3v) is 2.85. The van der Waals surface area contributed by atoms with Crippen molar-refractivity contribution in [3.8, 4) is 0 Å². The van der Waals surface area contributed by atoms with E-state index in [1.807, 2.05) is 6.07 Å². The molecule has 0 N–H and O–H groups in total. The smallest absolute Gasteiger partial charge is 0.149 e. The normalized spacial score (nSPS) is 10.7. The van der Waals surface area contributed by atoms with Crippen molar-refractivity contribution < 1.29 is 4.39 Å². The molecule has 66 valence electrons. The molecule has 0 amide bonds. The second-order valence-electron chi connectivity index (χ2n) is 2.56. The molecule has 1 nitrogen and oxygen atoms in total. The van der Waals surface area contributed by atoms with Crippen LogP contribution in [0.5, 0.6) is 0 Å². The average molecular weight is 305 g/mol. The molecule has 2 aromatic rings. The van der Waals surface area contributed by atoms with Gasteiger partial charge in [0.2, 0.25) is 0 Å². The molecule has 0 unspecified atom stereocenters. The number of fused-ring (bicyclic) bond motifs is 1. The fourth-order valence-electron chi connectivity index (χ4n) is 1.13. The molecule has 4 heteroatoms. The van der Waals surface area contributed by atoms with Gasteiger partial charge in [0.25, 0.3) is 0 Å². The van der Waals surface area contributed by atoms with E-state index in [1.165, 1.54) is 6.07 Å². The van der Waals surface area contributed by atoms with Gasteiger partial charge in [0.05, 0.1) is 0 Å². The quantitative estimate of drug-likeness (QED) is 0.673. The molecule has 1 aromatic carbocycles. The van der Waals surface area contributed by atoms with Crippen molar-refractivity contribution in [2.24, 2.45) is 0 Å². The van der Waals surface area contributed by atoms with Gasteiger partial charge < -0.3 is 0 Å². The summed E-state index contributed by atoms with van der Waals surface area (Å²) < 4.78 is 14.7. The topological polar surface area (TPSA) is 12.9 Å². The summed E-state index contributed by atoms with van der Waals surface area (Å²) in [6, 6.07) is 6.67. The summed E-state index contributed by atoms with van der Waals surface area (Å²) in [4.78, 5) is 4.05. The summed E-state index contributed by atoms with van der Waals surface area (Å²) in [5, 5.41) is 0.781. The molecule has 1 heterocycles. The number of benzene rings is 1. The minimum absolute atomic E-state index is 0.306. The van der Waals surface area contributed by atoms with Crippen LogP contribution in [0.15, 0.2) is 33.3 Å². The number of hydrogen-bond acceptors (Lipinski definition) is 1. The number of aromatic nitrogens is 1. The standard InChI is InChI=1S/C9H4Br2FN/c10-6-2-3-7(12)9-5(6)1-4-8(11)13-9/h1-4H. The molecule has 2 rings (SSSR count). The van der Waals surface area contributed by atoms with E-state index in [0.29, 0.717) is 10.1 Å². The Morgan fingerprint density at radius 2 is 1.85 bits per heavy atom. The van der Waals surface area contributed by atoms with Gasteiger partial charge >= 0.3 is 0 Å². The molecule has 0 aliphatic rings. The van der Waals surface area contributed by atoms with E-state index >= 15 is 0 Å². The SMILES string of the molecule is Fc1ccc(Br)c2ccc(Br)nc12. The van der Waals surface area contributed by atoms with Crippen molar-refractivity contribution in [2.75, 3.05) is 0 Å². The lowest BCUT2D eigenvalue weighted by Crippen LogP contribution is -1.85. The fourth-order valence-corrected chi connectivity index (χ4v) is 1.89. The molecule has 0 spiro atoms. The van der Waals surface area contributed by atoms with Gasteiger partial charge in [0, 0.05) is 9.86 Å². The maximum absolute atomic E-state index is 13.2. The molecule has 0 atom stereocenters. The maximum atomic E-state index is 13.2. The van der Waals surface area contributed by atoms with Crippen LogP contribution in [0.2, 0.25) is 0 Å². The predicted octanol–water partition coefficient (Wildman–Crippen LogP) is 3.90. The van der Waals surface area contributed by atoms with Crippen molar-refractivity contribution >= 4 is 42.8 Å². The van der Waals surface area contributed by atoms with E-state index in [9.17, 15) is 4.39 Å². The molecule has 0 saturated heterocycles.